The first-order valence-electron chi connectivity index (χ1n) is 6.35. The van der Waals surface area contributed by atoms with E-state index in [4.69, 9.17) is 11.6 Å². The molecule has 20 heavy (non-hydrogen) atoms. The minimum Gasteiger partial charge on any atom is -0.395 e. The van der Waals surface area contributed by atoms with Crippen LogP contribution in [0.4, 0.5) is 5.82 Å². The number of nitrogens with zero attached hydrogens (tertiary/aromatic N) is 1. The summed E-state index contributed by atoms with van der Waals surface area (Å²) >= 11 is 5.81. The summed E-state index contributed by atoms with van der Waals surface area (Å²) < 4.78 is 0. The molecular weight excluding hydrogens is 278 g/mol. The van der Waals surface area contributed by atoms with E-state index in [1.54, 1.807) is 30.3 Å². The van der Waals surface area contributed by atoms with Crippen LogP contribution in [0.2, 0.25) is 5.02 Å². The molecule has 0 spiro atoms. The summed E-state index contributed by atoms with van der Waals surface area (Å²) in [5.74, 6) is -0.489. The molecule has 0 bridgehead atoms. The molecular formula is C14H16ClN3O2. The molecule has 0 aliphatic heterocycles. The van der Waals surface area contributed by atoms with Crippen molar-refractivity contribution in [2.75, 3.05) is 11.9 Å². The fourth-order valence-electron chi connectivity index (χ4n) is 1.85. The summed E-state index contributed by atoms with van der Waals surface area (Å²) in [7, 11) is 0. The third kappa shape index (κ3) is 3.37. The van der Waals surface area contributed by atoms with Crippen molar-refractivity contribution < 1.29 is 9.90 Å². The Morgan fingerprint density at radius 3 is 2.70 bits per heavy atom. The van der Waals surface area contributed by atoms with Gasteiger partial charge in [0.2, 0.25) is 5.91 Å². The van der Waals surface area contributed by atoms with E-state index in [-0.39, 0.29) is 12.5 Å². The highest BCUT2D eigenvalue weighted by Crippen LogP contribution is 2.20. The van der Waals surface area contributed by atoms with Gasteiger partial charge in [-0.1, -0.05) is 30.7 Å². The van der Waals surface area contributed by atoms with E-state index in [2.05, 4.69) is 15.5 Å². The highest BCUT2D eigenvalue weighted by atomic mass is 35.5. The Labute approximate surface area is 122 Å². The second-order valence-electron chi connectivity index (χ2n) is 4.41. The molecule has 5 nitrogen and oxygen atoms in total. The van der Waals surface area contributed by atoms with E-state index in [9.17, 15) is 9.90 Å². The number of nitrogens with one attached hydrogen (secondary N) is 2. The first-order valence-corrected chi connectivity index (χ1v) is 6.73. The Kier molecular flexibility index (Phi) is 4.76. The van der Waals surface area contributed by atoms with E-state index < -0.39 is 5.92 Å². The zero-order valence-electron chi connectivity index (χ0n) is 11.1. The first kappa shape index (κ1) is 14.6. The van der Waals surface area contributed by atoms with E-state index in [1.165, 1.54) is 0 Å². The van der Waals surface area contributed by atoms with Gasteiger partial charge in [0.05, 0.1) is 12.5 Å². The molecule has 1 atom stereocenters. The van der Waals surface area contributed by atoms with Gasteiger partial charge in [-0.05, 0) is 24.1 Å². The molecule has 3 N–H and O–H groups in total. The predicted octanol–water partition coefficient (Wildman–Crippen LogP) is 2.34. The third-order valence-corrected chi connectivity index (χ3v) is 3.29. The van der Waals surface area contributed by atoms with Gasteiger partial charge in [0, 0.05) is 16.8 Å². The molecule has 1 aromatic heterocycles. The van der Waals surface area contributed by atoms with Crippen molar-refractivity contribution in [2.45, 2.75) is 19.3 Å². The van der Waals surface area contributed by atoms with Crippen molar-refractivity contribution in [3.63, 3.8) is 0 Å². The number of aliphatic hydroxyl groups is 1. The number of hydrogen-bond acceptors (Lipinski definition) is 3. The molecule has 2 aromatic rings. The van der Waals surface area contributed by atoms with Gasteiger partial charge in [-0.2, -0.15) is 5.10 Å². The number of aliphatic hydroxyl groups excluding tert-OH is 1. The van der Waals surface area contributed by atoms with E-state index >= 15 is 0 Å². The number of hydrogen-bond donors (Lipinski definition) is 3. The Hall–Kier alpha value is -1.85. The molecule has 1 amide bonds. The molecule has 2 rings (SSSR count). The van der Waals surface area contributed by atoms with Gasteiger partial charge in [0.25, 0.3) is 0 Å². The van der Waals surface area contributed by atoms with Gasteiger partial charge in [-0.25, -0.2) is 0 Å². The number of benzene rings is 1. The molecule has 6 heteroatoms. The van der Waals surface area contributed by atoms with Gasteiger partial charge in [0.15, 0.2) is 5.82 Å². The molecule has 106 valence electrons. The van der Waals surface area contributed by atoms with Crippen LogP contribution >= 0.6 is 11.6 Å². The van der Waals surface area contributed by atoms with E-state index in [0.717, 1.165) is 12.1 Å². The van der Waals surface area contributed by atoms with Crippen molar-refractivity contribution in [1.82, 2.24) is 10.2 Å². The minimum atomic E-state index is -0.644. The van der Waals surface area contributed by atoms with Gasteiger partial charge < -0.3 is 10.4 Å². The fraction of sp³-hybridized carbons (Fsp3) is 0.286. The van der Waals surface area contributed by atoms with Crippen molar-refractivity contribution in [3.05, 3.63) is 46.6 Å². The first-order chi connectivity index (χ1) is 9.63. The topological polar surface area (TPSA) is 78.0 Å². The van der Waals surface area contributed by atoms with E-state index in [0.29, 0.717) is 16.4 Å². The molecule has 0 aliphatic carbocycles. The molecule has 0 radical (unpaired) electrons. The number of carbonyl (C=O) groups excluding carboxylic acids is 1. The molecule has 1 aromatic carbocycles. The monoisotopic (exact) mass is 293 g/mol. The maximum atomic E-state index is 12.2. The standard InChI is InChI=1S/C14H16ClN3O2/c1-2-11-7-13(18-17-11)16-14(20)12(8-19)9-3-5-10(15)6-4-9/h3-7,12,19H,2,8H2,1H3,(H2,16,17,18,20). The third-order valence-electron chi connectivity index (χ3n) is 3.03. The summed E-state index contributed by atoms with van der Waals surface area (Å²) in [4.78, 5) is 12.2. The van der Waals surface area contributed by atoms with Crippen molar-refractivity contribution in [1.29, 1.82) is 0 Å². The maximum absolute atomic E-state index is 12.2. The van der Waals surface area contributed by atoms with Crippen LogP contribution in [0, 0.1) is 0 Å². The summed E-state index contributed by atoms with van der Waals surface area (Å²) in [6.07, 6.45) is 0.809. The van der Waals surface area contributed by atoms with Crippen LogP contribution in [-0.2, 0) is 11.2 Å². The number of aromatic amines is 1. The van der Waals surface area contributed by atoms with Crippen molar-refractivity contribution in [2.24, 2.45) is 0 Å². The number of amides is 1. The van der Waals surface area contributed by atoms with Crippen molar-refractivity contribution in [3.8, 4) is 0 Å². The van der Waals surface area contributed by atoms with Crippen LogP contribution in [0.15, 0.2) is 30.3 Å². The smallest absolute Gasteiger partial charge is 0.235 e. The molecule has 1 heterocycles. The average molecular weight is 294 g/mol. The lowest BCUT2D eigenvalue weighted by Crippen LogP contribution is -2.24. The minimum absolute atomic E-state index is 0.279. The number of carbonyl (C=O) groups is 1. The average Bonchev–Trinajstić information content (AvgIpc) is 2.89. The fourth-order valence-corrected chi connectivity index (χ4v) is 1.98. The molecule has 0 saturated heterocycles. The maximum Gasteiger partial charge on any atom is 0.235 e. The molecule has 0 saturated carbocycles. The van der Waals surface area contributed by atoms with Crippen LogP contribution in [0.5, 0.6) is 0 Å². The quantitative estimate of drug-likeness (QED) is 0.792. The zero-order chi connectivity index (χ0) is 14.5. The van der Waals surface area contributed by atoms with Crippen molar-refractivity contribution >= 4 is 23.3 Å². The summed E-state index contributed by atoms with van der Waals surface area (Å²) in [5, 5.41) is 19.5. The summed E-state index contributed by atoms with van der Waals surface area (Å²) in [6.45, 7) is 1.71. The lowest BCUT2D eigenvalue weighted by Gasteiger charge is -2.13. The number of rotatable bonds is 5. The van der Waals surface area contributed by atoms with Gasteiger partial charge in [-0.15, -0.1) is 0 Å². The van der Waals surface area contributed by atoms with Crippen LogP contribution < -0.4 is 5.32 Å². The normalized spacial score (nSPS) is 12.2. The molecule has 1 unspecified atom stereocenters. The van der Waals surface area contributed by atoms with Crippen LogP contribution in [0.25, 0.3) is 0 Å². The Morgan fingerprint density at radius 1 is 1.45 bits per heavy atom. The lowest BCUT2D eigenvalue weighted by molar-refractivity contribution is -0.118. The molecule has 0 fully saturated rings. The van der Waals surface area contributed by atoms with Crippen LogP contribution in [-0.4, -0.2) is 27.8 Å². The highest BCUT2D eigenvalue weighted by molar-refractivity contribution is 6.30. The van der Waals surface area contributed by atoms with Crippen LogP contribution in [0.1, 0.15) is 24.1 Å². The Morgan fingerprint density at radius 2 is 2.15 bits per heavy atom. The Bertz CT molecular complexity index is 580. The summed E-state index contributed by atoms with van der Waals surface area (Å²) in [6, 6.07) is 8.61. The van der Waals surface area contributed by atoms with Crippen LogP contribution in [0.3, 0.4) is 0 Å². The number of halogens is 1. The molecule has 0 aliphatic rings. The predicted molar refractivity (Wildman–Crippen MR) is 77.9 cm³/mol. The second-order valence-corrected chi connectivity index (χ2v) is 4.84. The second kappa shape index (κ2) is 6.54. The summed E-state index contributed by atoms with van der Waals surface area (Å²) in [5.41, 5.74) is 1.65. The number of aryl methyl sites for hydroxylation is 1. The Balaban J connectivity index is 2.10. The van der Waals surface area contributed by atoms with Gasteiger partial charge >= 0.3 is 0 Å². The zero-order valence-corrected chi connectivity index (χ0v) is 11.8. The SMILES string of the molecule is CCc1cc(NC(=O)C(CO)c2ccc(Cl)cc2)n[nH]1. The highest BCUT2D eigenvalue weighted by Gasteiger charge is 2.20. The number of H-pyrrole nitrogens is 1. The van der Waals surface area contributed by atoms with Gasteiger partial charge in [0.1, 0.15) is 0 Å². The van der Waals surface area contributed by atoms with Gasteiger partial charge in [-0.3, -0.25) is 9.89 Å². The number of anilines is 1. The van der Waals surface area contributed by atoms with E-state index in [1.807, 2.05) is 6.92 Å². The number of aromatic nitrogens is 2. The lowest BCUT2D eigenvalue weighted by atomic mass is 9.99. The largest absolute Gasteiger partial charge is 0.395 e.